The third kappa shape index (κ3) is 3.33. The first-order valence-electron chi connectivity index (χ1n) is 9.38. The van der Waals surface area contributed by atoms with E-state index in [1.54, 1.807) is 15.4 Å². The zero-order chi connectivity index (χ0) is 20.0. The quantitative estimate of drug-likeness (QED) is 0.692. The Morgan fingerprint density at radius 1 is 1.24 bits per heavy atom. The van der Waals surface area contributed by atoms with Crippen LogP contribution in [0.5, 0.6) is 0 Å². The fourth-order valence-corrected chi connectivity index (χ4v) is 4.59. The van der Waals surface area contributed by atoms with Crippen LogP contribution in [0.3, 0.4) is 0 Å². The number of carbonyl (C=O) groups is 2. The van der Waals surface area contributed by atoms with E-state index in [0.717, 1.165) is 4.96 Å². The van der Waals surface area contributed by atoms with Gasteiger partial charge in [-0.05, 0) is 13.0 Å². The molecule has 0 spiro atoms. The number of rotatable bonds is 3. The number of imidazole rings is 1. The van der Waals surface area contributed by atoms with Crippen LogP contribution in [0.15, 0.2) is 34.6 Å². The molecule has 2 aliphatic heterocycles. The minimum absolute atomic E-state index is 0.0973. The monoisotopic (exact) mass is 416 g/mol. The van der Waals surface area contributed by atoms with E-state index in [1.165, 1.54) is 23.9 Å². The van der Waals surface area contributed by atoms with E-state index >= 15 is 0 Å². The number of carbonyl (C=O) groups excluding carboxylic acids is 2. The topological polar surface area (TPSA) is 98.3 Å². The van der Waals surface area contributed by atoms with Crippen LogP contribution in [-0.2, 0) is 9.47 Å². The first kappa shape index (κ1) is 18.3. The van der Waals surface area contributed by atoms with Crippen LogP contribution in [0.25, 0.3) is 4.96 Å². The molecule has 9 nitrogen and oxygen atoms in total. The van der Waals surface area contributed by atoms with Crippen molar-refractivity contribution < 1.29 is 23.5 Å². The summed E-state index contributed by atoms with van der Waals surface area (Å²) in [4.78, 5) is 32.2. The van der Waals surface area contributed by atoms with Crippen molar-refractivity contribution in [1.82, 2.24) is 19.6 Å². The fourth-order valence-electron chi connectivity index (χ4n) is 3.83. The number of fused-ring (bicyclic) bond motifs is 2. The Labute approximate surface area is 170 Å². The molecule has 152 valence electrons. The molecule has 0 radical (unpaired) electrons. The Morgan fingerprint density at radius 3 is 2.69 bits per heavy atom. The molecule has 0 saturated carbocycles. The van der Waals surface area contributed by atoms with Crippen LogP contribution < -0.4 is 5.32 Å². The van der Waals surface area contributed by atoms with Gasteiger partial charge < -0.3 is 24.1 Å². The molecule has 0 aromatic carbocycles. The Kier molecular flexibility index (Phi) is 4.61. The summed E-state index contributed by atoms with van der Waals surface area (Å²) < 4.78 is 18.7. The maximum Gasteiger partial charge on any atom is 0.270 e. The molecule has 0 bridgehead atoms. The minimum atomic E-state index is -0.269. The zero-order valence-corrected chi connectivity index (χ0v) is 16.6. The van der Waals surface area contributed by atoms with Gasteiger partial charge in [0.05, 0.1) is 36.8 Å². The van der Waals surface area contributed by atoms with Gasteiger partial charge in [-0.1, -0.05) is 0 Å². The maximum atomic E-state index is 12.8. The number of aryl methyl sites for hydroxylation is 1. The lowest BCUT2D eigenvalue weighted by Gasteiger charge is -2.19. The van der Waals surface area contributed by atoms with Gasteiger partial charge in [-0.3, -0.25) is 14.0 Å². The van der Waals surface area contributed by atoms with Crippen molar-refractivity contribution in [3.63, 3.8) is 0 Å². The number of amides is 2. The number of furan rings is 1. The van der Waals surface area contributed by atoms with Gasteiger partial charge in [0.15, 0.2) is 4.96 Å². The van der Waals surface area contributed by atoms with E-state index in [2.05, 4.69) is 10.3 Å². The molecule has 2 atom stereocenters. The number of thiazole rings is 1. The third-order valence-electron chi connectivity index (χ3n) is 5.28. The fraction of sp³-hybridized carbons (Fsp3) is 0.421. The molecule has 2 amide bonds. The molecule has 3 aromatic heterocycles. The van der Waals surface area contributed by atoms with E-state index in [0.29, 0.717) is 43.3 Å². The van der Waals surface area contributed by atoms with Gasteiger partial charge in [-0.2, -0.15) is 0 Å². The Morgan fingerprint density at radius 2 is 2.00 bits per heavy atom. The highest BCUT2D eigenvalue weighted by Crippen LogP contribution is 2.23. The Hall–Kier alpha value is -2.69. The van der Waals surface area contributed by atoms with Crippen LogP contribution >= 0.6 is 11.3 Å². The highest BCUT2D eigenvalue weighted by atomic mass is 32.1. The van der Waals surface area contributed by atoms with E-state index in [4.69, 9.17) is 13.9 Å². The Bertz CT molecular complexity index is 1030. The largest absolute Gasteiger partial charge is 0.472 e. The number of likely N-dealkylation sites (tertiary alicyclic amines) is 1. The van der Waals surface area contributed by atoms with Crippen molar-refractivity contribution in [3.8, 4) is 0 Å². The third-order valence-corrected chi connectivity index (χ3v) is 6.04. The normalized spacial score (nSPS) is 22.6. The second-order valence-electron chi connectivity index (χ2n) is 7.24. The molecule has 1 N–H and O–H groups in total. The molecule has 2 saturated heterocycles. The summed E-state index contributed by atoms with van der Waals surface area (Å²) in [5.74, 6) is -0.297. The summed E-state index contributed by atoms with van der Waals surface area (Å²) in [6, 6.07) is 1.38. The molecule has 29 heavy (non-hydrogen) atoms. The van der Waals surface area contributed by atoms with Gasteiger partial charge in [0.1, 0.15) is 24.2 Å². The summed E-state index contributed by atoms with van der Waals surface area (Å²) in [7, 11) is 0. The summed E-state index contributed by atoms with van der Waals surface area (Å²) in [6.07, 6.45) is 4.33. The van der Waals surface area contributed by atoms with E-state index < -0.39 is 0 Å². The van der Waals surface area contributed by atoms with Gasteiger partial charge in [0, 0.05) is 24.7 Å². The van der Waals surface area contributed by atoms with Crippen LogP contribution in [0, 0.1) is 6.92 Å². The van der Waals surface area contributed by atoms with E-state index in [1.807, 2.05) is 18.5 Å². The molecular formula is C19H20N4O5S. The van der Waals surface area contributed by atoms with Gasteiger partial charge in [-0.25, -0.2) is 4.98 Å². The molecule has 5 heterocycles. The second-order valence-corrected chi connectivity index (χ2v) is 8.11. The smallest absolute Gasteiger partial charge is 0.270 e. The number of nitrogens with zero attached hydrogens (tertiary/aromatic N) is 3. The lowest BCUT2D eigenvalue weighted by atomic mass is 10.2. The van der Waals surface area contributed by atoms with Crippen molar-refractivity contribution in [1.29, 1.82) is 0 Å². The van der Waals surface area contributed by atoms with E-state index in [-0.39, 0.29) is 30.1 Å². The maximum absolute atomic E-state index is 12.8. The summed E-state index contributed by atoms with van der Waals surface area (Å²) >= 11 is 1.49. The molecule has 10 heteroatoms. The molecule has 2 fully saturated rings. The highest BCUT2D eigenvalue weighted by Gasteiger charge is 2.40. The predicted octanol–water partition coefficient (Wildman–Crippen LogP) is 1.34. The van der Waals surface area contributed by atoms with Crippen molar-refractivity contribution >= 4 is 28.1 Å². The van der Waals surface area contributed by atoms with Gasteiger partial charge in [0.2, 0.25) is 0 Å². The molecule has 0 unspecified atom stereocenters. The van der Waals surface area contributed by atoms with Crippen LogP contribution in [0.1, 0.15) is 26.5 Å². The Balaban J connectivity index is 1.21. The first-order valence-corrected chi connectivity index (χ1v) is 10.3. The average molecular weight is 416 g/mol. The number of ether oxygens (including phenoxy) is 2. The zero-order valence-electron chi connectivity index (χ0n) is 15.7. The lowest BCUT2D eigenvalue weighted by Crippen LogP contribution is -2.42. The first-order chi connectivity index (χ1) is 14.1. The lowest BCUT2D eigenvalue weighted by molar-refractivity contribution is -0.00461. The minimum Gasteiger partial charge on any atom is -0.472 e. The molecule has 5 rings (SSSR count). The predicted molar refractivity (Wildman–Crippen MR) is 103 cm³/mol. The number of hydrogen-bond acceptors (Lipinski definition) is 7. The number of hydrogen-bond donors (Lipinski definition) is 1. The molecular weight excluding hydrogens is 396 g/mol. The second kappa shape index (κ2) is 7.29. The van der Waals surface area contributed by atoms with E-state index in [9.17, 15) is 9.59 Å². The van der Waals surface area contributed by atoms with Crippen LogP contribution in [0.2, 0.25) is 0 Å². The molecule has 3 aromatic rings. The van der Waals surface area contributed by atoms with Gasteiger partial charge >= 0.3 is 0 Å². The van der Waals surface area contributed by atoms with Crippen LogP contribution in [-0.4, -0.2) is 70.7 Å². The number of nitrogens with one attached hydrogen (secondary N) is 1. The standard InChI is InChI=1S/C19H20N4O5S/c1-11-16(23-3-5-29-19(23)20-11)17(24)21-13-9-27-14-6-22(7-15(14)28-10-13)18(25)12-2-4-26-8-12/h2-5,8,13-15H,6-7,9-10H2,1H3,(H,21,24)/t14-,15-/m0/s1. The summed E-state index contributed by atoms with van der Waals surface area (Å²) in [5, 5.41) is 4.89. The number of aromatic nitrogens is 2. The SMILES string of the molecule is Cc1nc2sccn2c1C(=O)NC1CO[C@H]2CN(C(=O)c3ccoc3)C[C@@H]2OC1. The molecule has 0 aliphatic carbocycles. The van der Waals surface area contributed by atoms with Crippen molar-refractivity contribution in [3.05, 3.63) is 47.1 Å². The molecule has 2 aliphatic rings. The van der Waals surface area contributed by atoms with Crippen LogP contribution in [0.4, 0.5) is 0 Å². The summed E-state index contributed by atoms with van der Waals surface area (Å²) in [5.41, 5.74) is 1.74. The van der Waals surface area contributed by atoms with Crippen molar-refractivity contribution in [2.75, 3.05) is 26.3 Å². The van der Waals surface area contributed by atoms with Crippen molar-refractivity contribution in [2.24, 2.45) is 0 Å². The summed E-state index contributed by atoms with van der Waals surface area (Å²) in [6.45, 7) is 3.38. The van der Waals surface area contributed by atoms with Crippen molar-refractivity contribution in [2.45, 2.75) is 25.2 Å². The van der Waals surface area contributed by atoms with Gasteiger partial charge in [0.25, 0.3) is 11.8 Å². The highest BCUT2D eigenvalue weighted by molar-refractivity contribution is 7.15. The van der Waals surface area contributed by atoms with Gasteiger partial charge in [-0.15, -0.1) is 11.3 Å². The average Bonchev–Trinajstić information content (AvgIpc) is 3.46.